The molecule has 1 amide bonds. The number of fused-ring (bicyclic) bond motifs is 1. The smallest absolute Gasteiger partial charge is 0.241 e. The van der Waals surface area contributed by atoms with E-state index in [1.807, 2.05) is 24.3 Å². The van der Waals surface area contributed by atoms with E-state index in [0.717, 1.165) is 36.5 Å². The van der Waals surface area contributed by atoms with Gasteiger partial charge in [-0.3, -0.25) is 4.79 Å². The first-order valence-corrected chi connectivity index (χ1v) is 10.3. The van der Waals surface area contributed by atoms with Gasteiger partial charge in [0.25, 0.3) is 0 Å². The lowest BCUT2D eigenvalue weighted by Gasteiger charge is -2.24. The Morgan fingerprint density at radius 1 is 1.00 bits per heavy atom. The van der Waals surface area contributed by atoms with Gasteiger partial charge in [-0.1, -0.05) is 43.2 Å². The Kier molecular flexibility index (Phi) is 5.39. The van der Waals surface area contributed by atoms with Gasteiger partial charge in [0.1, 0.15) is 0 Å². The summed E-state index contributed by atoms with van der Waals surface area (Å²) in [6.45, 7) is 3.04. The minimum Gasteiger partial charge on any atom is -0.341 e. The first-order valence-electron chi connectivity index (χ1n) is 8.77. The van der Waals surface area contributed by atoms with Gasteiger partial charge in [0.05, 0.1) is 10.9 Å². The number of benzene rings is 2. The van der Waals surface area contributed by atoms with E-state index in [-0.39, 0.29) is 10.8 Å². The van der Waals surface area contributed by atoms with Crippen LogP contribution in [-0.2, 0) is 14.8 Å². The van der Waals surface area contributed by atoms with E-state index < -0.39 is 16.1 Å². The molecule has 1 aliphatic rings. The summed E-state index contributed by atoms with van der Waals surface area (Å²) in [6.07, 6.45) is 4.22. The Morgan fingerprint density at radius 3 is 2.32 bits per heavy atom. The number of likely N-dealkylation sites (tertiary alicyclic amines) is 1. The fourth-order valence-electron chi connectivity index (χ4n) is 3.25. The maximum Gasteiger partial charge on any atom is 0.241 e. The summed E-state index contributed by atoms with van der Waals surface area (Å²) >= 11 is 0. The predicted octanol–water partition coefficient (Wildman–Crippen LogP) is 2.91. The average Bonchev–Trinajstić information content (AvgIpc) is 2.89. The maximum absolute atomic E-state index is 12.7. The molecule has 2 aromatic carbocycles. The molecule has 25 heavy (non-hydrogen) atoms. The highest BCUT2D eigenvalue weighted by molar-refractivity contribution is 7.89. The van der Waals surface area contributed by atoms with Gasteiger partial charge in [-0.25, -0.2) is 8.42 Å². The predicted molar refractivity (Wildman–Crippen MR) is 98.8 cm³/mol. The van der Waals surface area contributed by atoms with Crippen LogP contribution in [0, 0.1) is 0 Å². The number of hydrogen-bond acceptors (Lipinski definition) is 3. The van der Waals surface area contributed by atoms with Crippen molar-refractivity contribution in [1.29, 1.82) is 0 Å². The molecular formula is C19H24N2O3S. The molecule has 1 fully saturated rings. The van der Waals surface area contributed by atoms with E-state index in [4.69, 9.17) is 0 Å². The van der Waals surface area contributed by atoms with Crippen LogP contribution in [0.4, 0.5) is 0 Å². The number of rotatable bonds is 4. The summed E-state index contributed by atoms with van der Waals surface area (Å²) in [6, 6.07) is 11.8. The lowest BCUT2D eigenvalue weighted by molar-refractivity contribution is -0.132. The maximum atomic E-state index is 12.7. The van der Waals surface area contributed by atoms with Crippen LogP contribution in [0.5, 0.6) is 0 Å². The monoisotopic (exact) mass is 360 g/mol. The number of nitrogens with zero attached hydrogens (tertiary/aromatic N) is 1. The summed E-state index contributed by atoms with van der Waals surface area (Å²) in [4.78, 5) is 14.5. The second-order valence-corrected chi connectivity index (χ2v) is 8.31. The Bertz CT molecular complexity index is 856. The van der Waals surface area contributed by atoms with Crippen molar-refractivity contribution in [1.82, 2.24) is 9.62 Å². The van der Waals surface area contributed by atoms with Crippen LogP contribution in [0.3, 0.4) is 0 Å². The Labute approximate surface area is 149 Å². The number of carbonyl (C=O) groups is 1. The van der Waals surface area contributed by atoms with Crippen molar-refractivity contribution >= 4 is 26.7 Å². The zero-order chi connectivity index (χ0) is 17.9. The standard InChI is InChI=1S/C19H24N2O3S/c1-15(19(22)21-12-6-2-3-7-13-21)20-25(23,24)18-11-10-16-8-4-5-9-17(16)14-18/h4-5,8-11,14-15,20H,2-3,6-7,12-13H2,1H3/t15-/m0/s1. The molecule has 0 aromatic heterocycles. The molecule has 1 aliphatic heterocycles. The van der Waals surface area contributed by atoms with E-state index in [1.54, 1.807) is 30.0 Å². The van der Waals surface area contributed by atoms with Gasteiger partial charge in [0.15, 0.2) is 0 Å². The van der Waals surface area contributed by atoms with Crippen molar-refractivity contribution < 1.29 is 13.2 Å². The van der Waals surface area contributed by atoms with Gasteiger partial charge in [-0.15, -0.1) is 0 Å². The van der Waals surface area contributed by atoms with E-state index >= 15 is 0 Å². The third-order valence-corrected chi connectivity index (χ3v) is 6.19. The Balaban J connectivity index is 1.75. The van der Waals surface area contributed by atoms with Crippen LogP contribution in [0.25, 0.3) is 10.8 Å². The zero-order valence-corrected chi connectivity index (χ0v) is 15.3. The molecule has 5 nitrogen and oxygen atoms in total. The fourth-order valence-corrected chi connectivity index (χ4v) is 4.48. The van der Waals surface area contributed by atoms with Crippen LogP contribution in [0.15, 0.2) is 47.4 Å². The minimum atomic E-state index is -3.74. The number of nitrogens with one attached hydrogen (secondary N) is 1. The van der Waals surface area contributed by atoms with Gasteiger partial charge in [0.2, 0.25) is 15.9 Å². The molecule has 1 heterocycles. The van der Waals surface area contributed by atoms with E-state index in [0.29, 0.717) is 13.1 Å². The van der Waals surface area contributed by atoms with Crippen molar-refractivity contribution in [2.45, 2.75) is 43.5 Å². The van der Waals surface area contributed by atoms with Crippen molar-refractivity contribution in [2.24, 2.45) is 0 Å². The van der Waals surface area contributed by atoms with Crippen LogP contribution < -0.4 is 4.72 Å². The Morgan fingerprint density at radius 2 is 1.64 bits per heavy atom. The number of hydrogen-bond donors (Lipinski definition) is 1. The average molecular weight is 360 g/mol. The third kappa shape index (κ3) is 4.19. The molecule has 0 saturated carbocycles. The molecule has 2 aromatic rings. The van der Waals surface area contributed by atoms with Gasteiger partial charge in [-0.05, 0) is 42.7 Å². The highest BCUT2D eigenvalue weighted by Crippen LogP contribution is 2.19. The van der Waals surface area contributed by atoms with Crippen molar-refractivity contribution in [3.05, 3.63) is 42.5 Å². The van der Waals surface area contributed by atoms with E-state index in [2.05, 4.69) is 4.72 Å². The largest absolute Gasteiger partial charge is 0.341 e. The number of amides is 1. The lowest BCUT2D eigenvalue weighted by atomic mass is 10.1. The van der Waals surface area contributed by atoms with E-state index in [9.17, 15) is 13.2 Å². The summed E-state index contributed by atoms with van der Waals surface area (Å²) in [5.41, 5.74) is 0. The topological polar surface area (TPSA) is 66.5 Å². The molecule has 0 bridgehead atoms. The normalized spacial score (nSPS) is 17.2. The second kappa shape index (κ2) is 7.54. The van der Waals surface area contributed by atoms with Gasteiger partial charge in [-0.2, -0.15) is 4.72 Å². The molecule has 1 N–H and O–H groups in total. The zero-order valence-electron chi connectivity index (χ0n) is 14.4. The highest BCUT2D eigenvalue weighted by atomic mass is 32.2. The van der Waals surface area contributed by atoms with Crippen LogP contribution in [-0.4, -0.2) is 38.4 Å². The number of carbonyl (C=O) groups excluding carboxylic acids is 1. The number of sulfonamides is 1. The van der Waals surface area contributed by atoms with Crippen LogP contribution >= 0.6 is 0 Å². The third-order valence-electron chi connectivity index (χ3n) is 4.65. The second-order valence-electron chi connectivity index (χ2n) is 6.59. The first-order chi connectivity index (χ1) is 12.0. The minimum absolute atomic E-state index is 0.147. The first kappa shape index (κ1) is 17.9. The molecule has 134 valence electrons. The van der Waals surface area contributed by atoms with Crippen molar-refractivity contribution in [3.8, 4) is 0 Å². The molecule has 0 radical (unpaired) electrons. The molecule has 1 saturated heterocycles. The van der Waals surface area contributed by atoms with Gasteiger partial charge < -0.3 is 4.90 Å². The molecule has 0 unspecified atom stereocenters. The molecule has 0 aliphatic carbocycles. The lowest BCUT2D eigenvalue weighted by Crippen LogP contribution is -2.47. The highest BCUT2D eigenvalue weighted by Gasteiger charge is 2.26. The fraction of sp³-hybridized carbons (Fsp3) is 0.421. The molecular weight excluding hydrogens is 336 g/mol. The molecule has 6 heteroatoms. The summed E-state index contributed by atoms with van der Waals surface area (Å²) in [7, 11) is -3.74. The van der Waals surface area contributed by atoms with Crippen LogP contribution in [0.2, 0.25) is 0 Å². The van der Waals surface area contributed by atoms with Crippen LogP contribution in [0.1, 0.15) is 32.6 Å². The molecule has 0 spiro atoms. The summed E-state index contributed by atoms with van der Waals surface area (Å²) in [5.74, 6) is -0.147. The van der Waals surface area contributed by atoms with E-state index in [1.165, 1.54) is 0 Å². The summed E-state index contributed by atoms with van der Waals surface area (Å²) in [5, 5.41) is 1.84. The SMILES string of the molecule is C[C@H](NS(=O)(=O)c1ccc2ccccc2c1)C(=O)N1CCCCCC1. The summed E-state index contributed by atoms with van der Waals surface area (Å²) < 4.78 is 27.9. The van der Waals surface area contributed by atoms with Crippen molar-refractivity contribution in [2.75, 3.05) is 13.1 Å². The molecule has 3 rings (SSSR count). The van der Waals surface area contributed by atoms with Gasteiger partial charge in [0, 0.05) is 13.1 Å². The quantitative estimate of drug-likeness (QED) is 0.912. The van der Waals surface area contributed by atoms with Gasteiger partial charge >= 0.3 is 0 Å². The Hall–Kier alpha value is -1.92. The molecule has 1 atom stereocenters. The van der Waals surface area contributed by atoms with Crippen molar-refractivity contribution in [3.63, 3.8) is 0 Å².